The predicted molar refractivity (Wildman–Crippen MR) is 252 cm³/mol. The summed E-state index contributed by atoms with van der Waals surface area (Å²) >= 11 is 1.63. The van der Waals surface area contributed by atoms with E-state index in [9.17, 15) is 28.1 Å². The van der Waals surface area contributed by atoms with Gasteiger partial charge in [-0.2, -0.15) is 0 Å². The lowest BCUT2D eigenvalue weighted by molar-refractivity contribution is -0.960. The van der Waals surface area contributed by atoms with Gasteiger partial charge in [0.25, 0.3) is 27.5 Å². The Kier molecular flexibility index (Phi) is 13.5. The molecular formula is C46H56N11O7S2+. The fourth-order valence-corrected chi connectivity index (χ4v) is 11.5. The molecule has 0 bridgehead atoms. The van der Waals surface area contributed by atoms with Crippen LogP contribution in [0.3, 0.4) is 0 Å². The minimum absolute atomic E-state index is 0.0536. The Balaban J connectivity index is 1.03. The highest BCUT2D eigenvalue weighted by molar-refractivity contribution is 7.98. The molecule has 5 N–H and O–H groups in total. The summed E-state index contributed by atoms with van der Waals surface area (Å²) in [5.41, 5.74) is 9.34. The van der Waals surface area contributed by atoms with Crippen LogP contribution in [-0.4, -0.2) is 102 Å². The standard InChI is InChI=1S/C46H55N11O7S2/c1-5-48-41-20-34(46(27-64-28-46)22-43-52-50-29-54(43)3)21-42(51-41)55-23-37-36(45(55)59)17-32(18-39(37)65-4)26-57(16-6-7-30(2)24-57)25-31-8-11-35(12-9-31)53-66(62,63)40-13-10-33(19-38(40)56(60)61)44(58)49-15-14-47/h8-13,17-21,29-30,53H,5-7,14-16,22-28,47H2,1-4H3,(H-,48,49,51,58)/p+1/t30-,57?/m0/s1. The van der Waals surface area contributed by atoms with Crippen LogP contribution < -0.4 is 26.0 Å². The molecule has 0 aliphatic carbocycles. The van der Waals surface area contributed by atoms with Crippen LogP contribution in [0.5, 0.6) is 0 Å². The van der Waals surface area contributed by atoms with Crippen LogP contribution in [0.25, 0.3) is 0 Å². The number of ether oxygens (including phenoxy) is 1. The number of carbonyl (C=O) groups excluding carboxylic acids is 2. The number of aryl methyl sites for hydroxylation is 1. The summed E-state index contributed by atoms with van der Waals surface area (Å²) in [5, 5.41) is 26.3. The smallest absolute Gasteiger partial charge is 0.290 e. The molecule has 3 aliphatic rings. The first-order chi connectivity index (χ1) is 31.6. The average Bonchev–Trinajstić information content (AvgIpc) is 3.84. The van der Waals surface area contributed by atoms with Crippen LogP contribution in [-0.2, 0) is 53.3 Å². The maximum Gasteiger partial charge on any atom is 0.290 e. The van der Waals surface area contributed by atoms with E-state index >= 15 is 0 Å². The van der Waals surface area contributed by atoms with Crippen molar-refractivity contribution in [3.8, 4) is 0 Å². The van der Waals surface area contributed by atoms with Crippen molar-refractivity contribution in [1.29, 1.82) is 0 Å². The summed E-state index contributed by atoms with van der Waals surface area (Å²) in [5.74, 6) is 1.91. The quantitative estimate of drug-likeness (QED) is 0.0375. The molecule has 1 unspecified atom stereocenters. The van der Waals surface area contributed by atoms with Crippen molar-refractivity contribution in [1.82, 2.24) is 25.1 Å². The lowest BCUT2D eigenvalue weighted by atomic mass is 9.75. The number of quaternary nitrogens is 1. The van der Waals surface area contributed by atoms with Gasteiger partial charge in [-0.15, -0.1) is 22.0 Å². The van der Waals surface area contributed by atoms with Gasteiger partial charge in [-0.05, 0) is 85.7 Å². The summed E-state index contributed by atoms with van der Waals surface area (Å²) in [7, 11) is -2.47. The van der Waals surface area contributed by atoms with Gasteiger partial charge in [-0.1, -0.05) is 19.1 Å². The summed E-state index contributed by atoms with van der Waals surface area (Å²) < 4.78 is 38.0. The number of fused-ring (bicyclic) bond motifs is 1. The number of anilines is 3. The van der Waals surface area contributed by atoms with Gasteiger partial charge in [-0.3, -0.25) is 29.3 Å². The van der Waals surface area contributed by atoms with Gasteiger partial charge in [0.15, 0.2) is 4.90 Å². The number of hydrogen-bond acceptors (Lipinski definition) is 13. The first-order valence-corrected chi connectivity index (χ1v) is 24.8. The Hall–Kier alpha value is -5.93. The number of benzene rings is 3. The van der Waals surface area contributed by atoms with E-state index in [1.165, 1.54) is 6.07 Å². The average molecular weight is 939 g/mol. The van der Waals surface area contributed by atoms with Gasteiger partial charge in [-0.25, -0.2) is 13.4 Å². The second-order valence-electron chi connectivity index (χ2n) is 17.8. The van der Waals surface area contributed by atoms with E-state index in [2.05, 4.69) is 50.7 Å². The molecule has 2 aromatic heterocycles. The molecule has 348 valence electrons. The SMILES string of the molecule is CCNc1cc(C2(Cc3nncn3C)COC2)cc(N2Cc3c(SC)cc(C[N+]4(Cc5ccc(NS(=O)(=O)c6ccc(C(=O)NCCN)cc6[N+](=O)[O-])cc5)CCC[C@H](C)C4)cc3C2=O)n1. The summed E-state index contributed by atoms with van der Waals surface area (Å²) in [6.07, 6.45) is 6.53. The van der Waals surface area contributed by atoms with Crippen molar-refractivity contribution >= 4 is 56.6 Å². The molecule has 18 nitrogen and oxygen atoms in total. The Morgan fingerprint density at radius 1 is 1.09 bits per heavy atom. The lowest BCUT2D eigenvalue weighted by Gasteiger charge is -2.44. The van der Waals surface area contributed by atoms with Crippen molar-refractivity contribution in [2.75, 3.05) is 67.1 Å². The number of amides is 2. The number of nitrogens with zero attached hydrogens (tertiary/aromatic N) is 7. The predicted octanol–water partition coefficient (Wildman–Crippen LogP) is 5.38. The lowest BCUT2D eigenvalue weighted by Crippen LogP contribution is -2.52. The molecule has 3 aromatic carbocycles. The number of nitro groups is 1. The molecule has 2 atom stereocenters. The first-order valence-electron chi connectivity index (χ1n) is 22.1. The van der Waals surface area contributed by atoms with Crippen molar-refractivity contribution in [2.45, 2.75) is 68.0 Å². The largest absolute Gasteiger partial charge is 0.379 e. The maximum atomic E-state index is 14.6. The summed E-state index contributed by atoms with van der Waals surface area (Å²) in [6, 6.07) is 18.7. The number of hydrogen-bond donors (Lipinski definition) is 4. The molecule has 0 saturated carbocycles. The molecule has 2 saturated heterocycles. The third kappa shape index (κ3) is 9.64. The fourth-order valence-electron chi connectivity index (χ4n) is 9.55. The number of rotatable bonds is 18. The van der Waals surface area contributed by atoms with Crippen molar-refractivity contribution < 1.29 is 32.2 Å². The zero-order valence-electron chi connectivity index (χ0n) is 37.6. The van der Waals surface area contributed by atoms with Crippen LogP contribution in [0, 0.1) is 16.0 Å². The van der Waals surface area contributed by atoms with Gasteiger partial charge in [0.05, 0.1) is 37.8 Å². The Bertz CT molecular complexity index is 2760. The minimum Gasteiger partial charge on any atom is -0.379 e. The molecule has 5 heterocycles. The van der Waals surface area contributed by atoms with Gasteiger partial charge in [0, 0.05) is 83.3 Å². The van der Waals surface area contributed by atoms with Gasteiger partial charge in [0.1, 0.15) is 36.9 Å². The number of aromatic nitrogens is 4. The molecule has 20 heteroatoms. The molecule has 0 radical (unpaired) electrons. The van der Waals surface area contributed by atoms with E-state index in [1.807, 2.05) is 43.0 Å². The number of pyridine rings is 1. The van der Waals surface area contributed by atoms with E-state index in [4.69, 9.17) is 15.5 Å². The van der Waals surface area contributed by atoms with Gasteiger partial charge in [0.2, 0.25) is 0 Å². The monoisotopic (exact) mass is 938 g/mol. The number of carbonyl (C=O) groups is 2. The number of sulfonamides is 1. The zero-order valence-corrected chi connectivity index (χ0v) is 39.2. The zero-order chi connectivity index (χ0) is 46.8. The van der Waals surface area contributed by atoms with Crippen LogP contribution in [0.15, 0.2) is 82.8 Å². The van der Waals surface area contributed by atoms with E-state index < -0.39 is 31.4 Å². The van der Waals surface area contributed by atoms with Crippen molar-refractivity contribution in [3.05, 3.63) is 122 Å². The number of nitro benzene ring substituents is 1. The minimum atomic E-state index is -4.41. The highest BCUT2D eigenvalue weighted by Crippen LogP contribution is 2.41. The second kappa shape index (κ2) is 19.1. The molecule has 66 heavy (non-hydrogen) atoms. The Morgan fingerprint density at radius 3 is 2.52 bits per heavy atom. The van der Waals surface area contributed by atoms with E-state index in [1.54, 1.807) is 35.1 Å². The highest BCUT2D eigenvalue weighted by atomic mass is 32.2. The molecule has 8 rings (SSSR count). The van der Waals surface area contributed by atoms with E-state index in [-0.39, 0.29) is 35.7 Å². The maximum absolute atomic E-state index is 14.6. The van der Waals surface area contributed by atoms with Crippen LogP contribution in [0.2, 0.25) is 0 Å². The first kappa shape index (κ1) is 46.6. The number of nitrogens with one attached hydrogen (secondary N) is 3. The Morgan fingerprint density at radius 2 is 1.86 bits per heavy atom. The van der Waals surface area contributed by atoms with Crippen LogP contribution in [0.1, 0.15) is 75.5 Å². The number of likely N-dealkylation sites (tertiary alicyclic amines) is 1. The molecule has 5 aromatic rings. The third-order valence-corrected chi connectivity index (χ3v) is 15.0. The van der Waals surface area contributed by atoms with Crippen LogP contribution >= 0.6 is 11.8 Å². The third-order valence-electron chi connectivity index (χ3n) is 12.8. The van der Waals surface area contributed by atoms with Crippen molar-refractivity contribution in [2.24, 2.45) is 18.7 Å². The molecule has 2 amide bonds. The molecule has 3 aliphatic heterocycles. The molecular weight excluding hydrogens is 883 g/mol. The molecule has 2 fully saturated rings. The molecule has 0 spiro atoms. The normalized spacial score (nSPS) is 19.0. The van der Waals surface area contributed by atoms with Crippen molar-refractivity contribution in [3.63, 3.8) is 0 Å². The summed E-state index contributed by atoms with van der Waals surface area (Å²) in [4.78, 5) is 45.4. The van der Waals surface area contributed by atoms with Crippen LogP contribution in [0.4, 0.5) is 23.0 Å². The highest BCUT2D eigenvalue weighted by Gasteiger charge is 2.43. The second-order valence-corrected chi connectivity index (χ2v) is 20.3. The number of thioether (sulfide) groups is 1. The Labute approximate surface area is 388 Å². The topological polar surface area (TPSA) is 230 Å². The van der Waals surface area contributed by atoms with E-state index in [0.717, 1.165) is 75.5 Å². The number of piperidine rings is 1. The summed E-state index contributed by atoms with van der Waals surface area (Å²) in [6.45, 7) is 9.96. The van der Waals surface area contributed by atoms with Gasteiger partial charge < -0.3 is 30.2 Å². The number of nitrogens with two attached hydrogens (primary N) is 1. The van der Waals surface area contributed by atoms with E-state index in [0.29, 0.717) is 68.9 Å². The van der Waals surface area contributed by atoms with Gasteiger partial charge >= 0.3 is 0 Å². The fraction of sp³-hybridized carbons (Fsp3) is 0.413.